The summed E-state index contributed by atoms with van der Waals surface area (Å²) in [7, 11) is 1.69. The Hall–Kier alpha value is -0.580. The summed E-state index contributed by atoms with van der Waals surface area (Å²) in [5.74, 6) is 0.922. The van der Waals surface area contributed by atoms with Crippen LogP contribution in [0.3, 0.4) is 0 Å². The van der Waals surface area contributed by atoms with Gasteiger partial charge in [-0.25, -0.2) is 0 Å². The van der Waals surface area contributed by atoms with Crippen molar-refractivity contribution < 1.29 is 9.47 Å². The van der Waals surface area contributed by atoms with Gasteiger partial charge in [-0.15, -0.1) is 0 Å². The van der Waals surface area contributed by atoms with Gasteiger partial charge in [0.05, 0.1) is 6.10 Å². The molecule has 0 aliphatic heterocycles. The van der Waals surface area contributed by atoms with Crippen LogP contribution in [0.5, 0.6) is 5.75 Å². The number of halogens is 1. The summed E-state index contributed by atoms with van der Waals surface area (Å²) < 4.78 is 12.0. The molecule has 0 amide bonds. The molecule has 4 heteroatoms. The van der Waals surface area contributed by atoms with Crippen LogP contribution in [0.1, 0.15) is 25.8 Å². The van der Waals surface area contributed by atoms with Crippen LogP contribution in [0.15, 0.2) is 22.7 Å². The van der Waals surface area contributed by atoms with Crippen molar-refractivity contribution in [3.8, 4) is 5.75 Å². The van der Waals surface area contributed by atoms with Crippen LogP contribution in [0.25, 0.3) is 0 Å². The van der Waals surface area contributed by atoms with Crippen LogP contribution < -0.4 is 10.1 Å². The predicted octanol–water partition coefficient (Wildman–Crippen LogP) is 3.36. The van der Waals surface area contributed by atoms with E-state index in [2.05, 4.69) is 34.2 Å². The fraction of sp³-hybridized carbons (Fsp3) is 0.571. The third-order valence-corrected chi connectivity index (χ3v) is 3.13. The van der Waals surface area contributed by atoms with Gasteiger partial charge in [0.2, 0.25) is 0 Å². The lowest BCUT2D eigenvalue weighted by molar-refractivity contribution is 0.0712. The highest BCUT2D eigenvalue weighted by molar-refractivity contribution is 9.10. The zero-order valence-corrected chi connectivity index (χ0v) is 12.9. The van der Waals surface area contributed by atoms with Crippen molar-refractivity contribution in [1.82, 2.24) is 5.32 Å². The molecule has 18 heavy (non-hydrogen) atoms. The lowest BCUT2D eigenvalue weighted by Gasteiger charge is -2.15. The molecular weight excluding hydrogens is 294 g/mol. The largest absolute Gasteiger partial charge is 0.491 e. The van der Waals surface area contributed by atoms with Crippen molar-refractivity contribution in [1.29, 1.82) is 0 Å². The minimum absolute atomic E-state index is 0.102. The first kappa shape index (κ1) is 15.5. The highest BCUT2D eigenvalue weighted by Gasteiger charge is 2.06. The summed E-state index contributed by atoms with van der Waals surface area (Å²) in [6.07, 6.45) is 1.23. The number of ether oxygens (including phenoxy) is 2. The smallest absolute Gasteiger partial charge is 0.124 e. The topological polar surface area (TPSA) is 30.5 Å². The monoisotopic (exact) mass is 315 g/mol. The van der Waals surface area contributed by atoms with Gasteiger partial charge in [-0.2, -0.15) is 0 Å². The molecule has 0 fully saturated rings. The third kappa shape index (κ3) is 5.38. The minimum atomic E-state index is 0.102. The van der Waals surface area contributed by atoms with Crippen LogP contribution in [-0.2, 0) is 11.3 Å². The van der Waals surface area contributed by atoms with Crippen LogP contribution in [0.2, 0.25) is 0 Å². The fourth-order valence-corrected chi connectivity index (χ4v) is 1.91. The first-order chi connectivity index (χ1) is 8.67. The molecule has 1 atom stereocenters. The van der Waals surface area contributed by atoms with E-state index in [4.69, 9.17) is 9.47 Å². The summed E-state index contributed by atoms with van der Waals surface area (Å²) in [5, 5.41) is 3.39. The quantitative estimate of drug-likeness (QED) is 0.746. The van der Waals surface area contributed by atoms with Gasteiger partial charge in [0.15, 0.2) is 0 Å². The Morgan fingerprint density at radius 2 is 2.17 bits per heavy atom. The van der Waals surface area contributed by atoms with E-state index < -0.39 is 0 Å². The summed E-state index contributed by atoms with van der Waals surface area (Å²) >= 11 is 3.49. The van der Waals surface area contributed by atoms with Gasteiger partial charge in [-0.05, 0) is 38.1 Å². The van der Waals surface area contributed by atoms with Gasteiger partial charge >= 0.3 is 0 Å². The van der Waals surface area contributed by atoms with E-state index in [1.54, 1.807) is 7.11 Å². The van der Waals surface area contributed by atoms with E-state index in [1.165, 1.54) is 5.56 Å². The van der Waals surface area contributed by atoms with E-state index in [1.807, 2.05) is 19.1 Å². The average molecular weight is 316 g/mol. The Balaban J connectivity index is 2.63. The zero-order valence-electron chi connectivity index (χ0n) is 11.3. The molecule has 0 aliphatic carbocycles. The number of benzene rings is 1. The molecule has 0 saturated heterocycles. The van der Waals surface area contributed by atoms with Crippen molar-refractivity contribution >= 4 is 15.9 Å². The van der Waals surface area contributed by atoms with Gasteiger partial charge in [-0.1, -0.05) is 22.9 Å². The summed E-state index contributed by atoms with van der Waals surface area (Å²) in [6, 6.07) is 6.08. The molecular formula is C14H22BrNO2. The Morgan fingerprint density at radius 3 is 2.83 bits per heavy atom. The van der Waals surface area contributed by atoms with Crippen molar-refractivity contribution in [2.75, 3.05) is 20.3 Å². The molecule has 1 unspecified atom stereocenters. The first-order valence-electron chi connectivity index (χ1n) is 6.32. The van der Waals surface area contributed by atoms with Crippen molar-refractivity contribution in [3.05, 3.63) is 28.2 Å². The summed E-state index contributed by atoms with van der Waals surface area (Å²) in [4.78, 5) is 0. The van der Waals surface area contributed by atoms with E-state index in [-0.39, 0.29) is 6.10 Å². The second-order valence-electron chi connectivity index (χ2n) is 4.29. The molecule has 1 aromatic rings. The van der Waals surface area contributed by atoms with Crippen molar-refractivity contribution in [2.24, 2.45) is 0 Å². The van der Waals surface area contributed by atoms with Crippen LogP contribution >= 0.6 is 15.9 Å². The maximum Gasteiger partial charge on any atom is 0.124 e. The highest BCUT2D eigenvalue weighted by Crippen LogP contribution is 2.23. The number of hydrogen-bond acceptors (Lipinski definition) is 3. The molecule has 1 N–H and O–H groups in total. The van der Waals surface area contributed by atoms with Crippen molar-refractivity contribution in [3.63, 3.8) is 0 Å². The molecule has 1 rings (SSSR count). The van der Waals surface area contributed by atoms with E-state index in [0.29, 0.717) is 6.61 Å². The second-order valence-corrected chi connectivity index (χ2v) is 5.20. The Kier molecular flexibility index (Phi) is 7.32. The molecule has 0 heterocycles. The molecule has 102 valence electrons. The number of methoxy groups -OCH3 is 1. The molecule has 1 aromatic carbocycles. The molecule has 0 spiro atoms. The summed E-state index contributed by atoms with van der Waals surface area (Å²) in [6.45, 7) is 6.56. The van der Waals surface area contributed by atoms with Gasteiger partial charge in [0.1, 0.15) is 12.4 Å². The normalized spacial score (nSPS) is 12.4. The zero-order chi connectivity index (χ0) is 13.4. The summed E-state index contributed by atoms with van der Waals surface area (Å²) in [5.41, 5.74) is 1.17. The van der Waals surface area contributed by atoms with Gasteiger partial charge < -0.3 is 14.8 Å². The standard InChI is InChI=1S/C14H22BrNO2/c1-4-7-16-9-12-8-13(15)5-6-14(12)18-10-11(2)17-3/h5-6,8,11,16H,4,7,9-10H2,1-3H3. The third-order valence-electron chi connectivity index (χ3n) is 2.64. The van der Waals surface area contributed by atoms with E-state index in [0.717, 1.165) is 29.7 Å². The lowest BCUT2D eigenvalue weighted by Crippen LogP contribution is -2.18. The first-order valence-corrected chi connectivity index (χ1v) is 7.11. The van der Waals surface area contributed by atoms with Crippen molar-refractivity contribution in [2.45, 2.75) is 32.9 Å². The Labute approximate surface area is 118 Å². The second kappa shape index (κ2) is 8.51. The van der Waals surface area contributed by atoms with E-state index in [9.17, 15) is 0 Å². The Bertz CT molecular complexity index is 358. The molecule has 0 aromatic heterocycles. The highest BCUT2D eigenvalue weighted by atomic mass is 79.9. The molecule has 0 saturated carbocycles. The van der Waals surface area contributed by atoms with Crippen LogP contribution in [0.4, 0.5) is 0 Å². The van der Waals surface area contributed by atoms with Gasteiger partial charge in [0, 0.05) is 23.7 Å². The maximum absolute atomic E-state index is 5.79. The van der Waals surface area contributed by atoms with E-state index >= 15 is 0 Å². The SMILES string of the molecule is CCCNCc1cc(Br)ccc1OCC(C)OC. The average Bonchev–Trinajstić information content (AvgIpc) is 2.37. The number of rotatable bonds is 8. The van der Waals surface area contributed by atoms with Crippen LogP contribution in [-0.4, -0.2) is 26.4 Å². The molecule has 3 nitrogen and oxygen atoms in total. The van der Waals surface area contributed by atoms with Gasteiger partial charge in [0.25, 0.3) is 0 Å². The lowest BCUT2D eigenvalue weighted by atomic mass is 10.2. The number of nitrogens with one attached hydrogen (secondary N) is 1. The maximum atomic E-state index is 5.79. The number of hydrogen-bond donors (Lipinski definition) is 1. The molecule has 0 radical (unpaired) electrons. The fourth-order valence-electron chi connectivity index (χ4n) is 1.50. The van der Waals surface area contributed by atoms with Gasteiger partial charge in [-0.3, -0.25) is 0 Å². The Morgan fingerprint density at radius 1 is 1.39 bits per heavy atom. The molecule has 0 bridgehead atoms. The molecule has 0 aliphatic rings. The van der Waals surface area contributed by atoms with Crippen LogP contribution in [0, 0.1) is 0 Å². The predicted molar refractivity (Wildman–Crippen MR) is 78.1 cm³/mol. The minimum Gasteiger partial charge on any atom is -0.491 e.